The average Bonchev–Trinajstić information content (AvgIpc) is 2.82. The molecule has 1 aliphatic rings. The van der Waals surface area contributed by atoms with Crippen molar-refractivity contribution in [2.24, 2.45) is 0 Å². The van der Waals surface area contributed by atoms with Crippen LogP contribution in [0.2, 0.25) is 0 Å². The van der Waals surface area contributed by atoms with E-state index in [4.69, 9.17) is 9.72 Å². The summed E-state index contributed by atoms with van der Waals surface area (Å²) in [5, 5.41) is 0. The molecule has 0 unspecified atom stereocenters. The number of pyridine rings is 1. The van der Waals surface area contributed by atoms with Gasteiger partial charge in [0.15, 0.2) is 0 Å². The molecule has 1 aliphatic heterocycles. The summed E-state index contributed by atoms with van der Waals surface area (Å²) in [6.45, 7) is 6.75. The number of aromatic nitrogens is 1. The molecule has 0 spiro atoms. The highest BCUT2D eigenvalue weighted by Gasteiger charge is 2.16. The van der Waals surface area contributed by atoms with Gasteiger partial charge in [0.2, 0.25) is 0 Å². The van der Waals surface area contributed by atoms with Gasteiger partial charge in [0.1, 0.15) is 6.61 Å². The number of rotatable bonds is 8. The lowest BCUT2D eigenvalue weighted by atomic mass is 10.2. The van der Waals surface area contributed by atoms with Crippen LogP contribution in [-0.4, -0.2) is 57.2 Å². The largest absolute Gasteiger partial charge is 0.461 e. The number of carbonyl (C=O) groups is 1. The van der Waals surface area contributed by atoms with Crippen LogP contribution in [0.4, 0.5) is 0 Å². The van der Waals surface area contributed by atoms with Crippen molar-refractivity contribution in [1.82, 2.24) is 18.5 Å². The molecule has 174 valence electrons. The quantitative estimate of drug-likeness (QED) is 0.203. The summed E-state index contributed by atoms with van der Waals surface area (Å²) in [4.78, 5) is 19.5. The topological polar surface area (TPSA) is 48.9 Å². The van der Waals surface area contributed by atoms with Gasteiger partial charge in [-0.25, -0.2) is 8.61 Å². The van der Waals surface area contributed by atoms with Crippen LogP contribution in [-0.2, 0) is 29.2 Å². The molecule has 0 amide bonds. The van der Waals surface area contributed by atoms with Gasteiger partial charge in [-0.05, 0) is 48.9 Å². The maximum atomic E-state index is 12.2. The number of carbonyl (C=O) groups excluding carboxylic acids is 1. The van der Waals surface area contributed by atoms with Crippen LogP contribution >= 0.6 is 60.6 Å². The molecular weight excluding hydrogens is 670 g/mol. The molecule has 0 aliphatic carbocycles. The van der Waals surface area contributed by atoms with E-state index in [9.17, 15) is 4.79 Å². The molecule has 1 aromatic heterocycles. The third-order valence-electron chi connectivity index (χ3n) is 5.17. The smallest absolute Gasteiger partial charge is 0.306 e. The van der Waals surface area contributed by atoms with Crippen molar-refractivity contribution in [3.05, 3.63) is 65.5 Å². The van der Waals surface area contributed by atoms with Gasteiger partial charge >= 0.3 is 5.97 Å². The first-order chi connectivity index (χ1) is 15.7. The third kappa shape index (κ3) is 9.63. The Morgan fingerprint density at radius 3 is 2.12 bits per heavy atom. The first kappa shape index (κ1) is 26.5. The zero-order valence-corrected chi connectivity index (χ0v) is 23.8. The van der Waals surface area contributed by atoms with Gasteiger partial charge in [0.25, 0.3) is 0 Å². The Hall–Kier alpha value is -0.120. The predicted molar refractivity (Wildman–Crippen MR) is 150 cm³/mol. The minimum Gasteiger partial charge on any atom is -0.461 e. The van der Waals surface area contributed by atoms with Gasteiger partial charge in [-0.2, -0.15) is 0 Å². The summed E-state index contributed by atoms with van der Waals surface area (Å²) in [5.74, 6) is -0.123. The first-order valence-corrected chi connectivity index (χ1v) is 17.2. The molecular formula is C22H28I2N4O2S2. The molecule has 0 saturated heterocycles. The number of nitrogens with zero attached hydrogens (tertiary/aromatic N) is 4. The number of ether oxygens (including phenoxy) is 1. The fourth-order valence-corrected chi connectivity index (χ4v) is 6.12. The maximum absolute atomic E-state index is 12.2. The van der Waals surface area contributed by atoms with Crippen molar-refractivity contribution in [2.75, 3.05) is 32.7 Å². The SMILES string of the molecule is O=C(CCCN1CCN(SI)Cc2cccc(n2)CN(SI)CC1)OCc1ccccc1. The van der Waals surface area contributed by atoms with E-state index in [-0.39, 0.29) is 5.97 Å². The van der Waals surface area contributed by atoms with Crippen LogP contribution in [0.15, 0.2) is 48.5 Å². The average molecular weight is 698 g/mol. The monoisotopic (exact) mass is 698 g/mol. The summed E-state index contributed by atoms with van der Waals surface area (Å²) in [6, 6.07) is 16.2. The fraction of sp³-hybridized carbons (Fsp3) is 0.455. The Morgan fingerprint density at radius 2 is 1.53 bits per heavy atom. The van der Waals surface area contributed by atoms with Crippen LogP contribution in [0, 0.1) is 0 Å². The second kappa shape index (κ2) is 15.0. The number of hydrogen-bond acceptors (Lipinski definition) is 8. The Morgan fingerprint density at radius 1 is 0.906 bits per heavy atom. The van der Waals surface area contributed by atoms with Gasteiger partial charge in [-0.1, -0.05) is 36.4 Å². The van der Waals surface area contributed by atoms with Crippen LogP contribution in [0.3, 0.4) is 0 Å². The zero-order valence-electron chi connectivity index (χ0n) is 17.9. The molecule has 2 aromatic rings. The van der Waals surface area contributed by atoms with E-state index < -0.39 is 0 Å². The van der Waals surface area contributed by atoms with Crippen LogP contribution in [0.25, 0.3) is 0 Å². The number of hydrogen-bond donors (Lipinski definition) is 0. The number of halogens is 2. The number of benzene rings is 1. The summed E-state index contributed by atoms with van der Waals surface area (Å²) in [5.41, 5.74) is 3.24. The molecule has 32 heavy (non-hydrogen) atoms. The Balaban J connectivity index is 1.51. The van der Waals surface area contributed by atoms with E-state index in [1.807, 2.05) is 30.3 Å². The fourth-order valence-electron chi connectivity index (χ4n) is 3.44. The van der Waals surface area contributed by atoms with E-state index in [1.165, 1.54) is 0 Å². The highest BCUT2D eigenvalue weighted by atomic mass is 127. The normalized spacial score (nSPS) is 16.8. The van der Waals surface area contributed by atoms with Crippen molar-refractivity contribution >= 4 is 66.6 Å². The standard InChI is InChI=1S/C22H28I2N4O2S2/c23-31-27-14-12-26(11-5-10-22(29)30-18-19-6-2-1-3-7-19)13-15-28(32-24)17-21-9-4-8-20(16-27)25-21/h1-4,6-9H,5,10-18H2. The lowest BCUT2D eigenvalue weighted by molar-refractivity contribution is -0.145. The second-order valence-electron chi connectivity index (χ2n) is 7.58. The molecule has 0 N–H and O–H groups in total. The highest BCUT2D eigenvalue weighted by molar-refractivity contribution is 14.2. The molecule has 0 fully saturated rings. The second-order valence-corrected chi connectivity index (χ2v) is 11.2. The number of fused-ring (bicyclic) bond motifs is 2. The van der Waals surface area contributed by atoms with Crippen LogP contribution < -0.4 is 0 Å². The molecule has 2 heterocycles. The van der Waals surface area contributed by atoms with Crippen molar-refractivity contribution in [3.8, 4) is 0 Å². The predicted octanol–water partition coefficient (Wildman–Crippen LogP) is 5.52. The van der Waals surface area contributed by atoms with E-state index in [0.717, 1.165) is 69.2 Å². The molecule has 6 nitrogen and oxygen atoms in total. The maximum Gasteiger partial charge on any atom is 0.306 e. The Bertz CT molecular complexity index is 801. The lowest BCUT2D eigenvalue weighted by Crippen LogP contribution is -2.37. The van der Waals surface area contributed by atoms with Gasteiger partial charge in [0.05, 0.1) is 24.5 Å². The summed E-state index contributed by atoms with van der Waals surface area (Å²) < 4.78 is 10.1. The molecule has 0 saturated carbocycles. The van der Waals surface area contributed by atoms with Crippen molar-refractivity contribution in [1.29, 1.82) is 0 Å². The van der Waals surface area contributed by atoms with Crippen molar-refractivity contribution in [2.45, 2.75) is 32.5 Å². The Kier molecular flexibility index (Phi) is 12.4. The van der Waals surface area contributed by atoms with E-state index in [1.54, 1.807) is 18.2 Å². The lowest BCUT2D eigenvalue weighted by Gasteiger charge is -2.29. The highest BCUT2D eigenvalue weighted by Crippen LogP contribution is 2.24. The zero-order chi connectivity index (χ0) is 22.6. The molecule has 2 bridgehead atoms. The first-order valence-electron chi connectivity index (χ1n) is 10.6. The van der Waals surface area contributed by atoms with Gasteiger partial charge in [-0.3, -0.25) is 9.78 Å². The van der Waals surface area contributed by atoms with Crippen LogP contribution in [0.1, 0.15) is 29.8 Å². The minimum atomic E-state index is -0.123. The Labute approximate surface area is 223 Å². The number of esters is 1. The van der Waals surface area contributed by atoms with Gasteiger partial charge < -0.3 is 9.64 Å². The van der Waals surface area contributed by atoms with Crippen molar-refractivity contribution < 1.29 is 9.53 Å². The van der Waals surface area contributed by atoms with E-state index >= 15 is 0 Å². The van der Waals surface area contributed by atoms with E-state index in [2.05, 4.69) is 74.1 Å². The molecule has 10 heteroatoms. The van der Waals surface area contributed by atoms with E-state index in [0.29, 0.717) is 13.0 Å². The summed E-state index contributed by atoms with van der Waals surface area (Å²) in [7, 11) is 3.47. The minimum absolute atomic E-state index is 0.123. The van der Waals surface area contributed by atoms with Crippen molar-refractivity contribution in [3.63, 3.8) is 0 Å². The summed E-state index contributed by atoms with van der Waals surface area (Å²) in [6.07, 6.45) is 1.26. The van der Waals surface area contributed by atoms with Crippen LogP contribution in [0.5, 0.6) is 0 Å². The molecule has 3 rings (SSSR count). The summed E-state index contributed by atoms with van der Waals surface area (Å²) >= 11 is 4.70. The van der Waals surface area contributed by atoms with Gasteiger partial charge in [0, 0.05) is 75.0 Å². The van der Waals surface area contributed by atoms with Gasteiger partial charge in [-0.15, -0.1) is 0 Å². The molecule has 1 aromatic carbocycles. The molecule has 0 atom stereocenters. The third-order valence-corrected chi connectivity index (χ3v) is 9.52. The molecule has 0 radical (unpaired) electrons.